The fraction of sp³-hybridized carbons (Fsp3) is 0.111. The van der Waals surface area contributed by atoms with Gasteiger partial charge in [0, 0.05) is 34.9 Å². The zero-order valence-electron chi connectivity index (χ0n) is 13.1. The Bertz CT molecular complexity index is 889. The molecule has 1 aromatic heterocycles. The van der Waals surface area contributed by atoms with Crippen molar-refractivity contribution in [3.63, 3.8) is 0 Å². The van der Waals surface area contributed by atoms with Gasteiger partial charge in [-0.2, -0.15) is 0 Å². The second-order valence-corrected chi connectivity index (χ2v) is 6.37. The lowest BCUT2D eigenvalue weighted by Crippen LogP contribution is -2.13. The summed E-state index contributed by atoms with van der Waals surface area (Å²) >= 11 is 1.42. The number of aromatic nitrogens is 1. The third-order valence-electron chi connectivity index (χ3n) is 3.36. The van der Waals surface area contributed by atoms with Gasteiger partial charge in [-0.15, -0.1) is 11.8 Å². The van der Waals surface area contributed by atoms with Gasteiger partial charge in [-0.25, -0.2) is 0 Å². The molecule has 0 radical (unpaired) electrons. The summed E-state index contributed by atoms with van der Waals surface area (Å²) in [5, 5.41) is 6.73. The summed E-state index contributed by atoms with van der Waals surface area (Å²) in [7, 11) is 0. The Balaban J connectivity index is 1.58. The van der Waals surface area contributed by atoms with E-state index >= 15 is 0 Å². The van der Waals surface area contributed by atoms with Crippen molar-refractivity contribution in [2.24, 2.45) is 0 Å². The molecule has 0 fully saturated rings. The number of rotatable bonds is 5. The lowest BCUT2D eigenvalue weighted by atomic mass is 10.2. The number of carbonyl (C=O) groups is 2. The molecule has 0 aliphatic carbocycles. The molecule has 3 rings (SSSR count). The Labute approximate surface area is 143 Å². The van der Waals surface area contributed by atoms with Crippen LogP contribution in [0.1, 0.15) is 6.92 Å². The van der Waals surface area contributed by atoms with Gasteiger partial charge in [0.2, 0.25) is 11.8 Å². The van der Waals surface area contributed by atoms with E-state index in [1.165, 1.54) is 18.7 Å². The first-order valence-corrected chi connectivity index (χ1v) is 8.46. The number of H-pyrrole nitrogens is 1. The minimum absolute atomic E-state index is 0.0733. The maximum Gasteiger partial charge on any atom is 0.234 e. The minimum atomic E-state index is -0.116. The SMILES string of the molecule is CC(=O)Nc1cccc(SCC(=O)Nc2ccc3cc[nH]c3c2)c1. The standard InChI is InChI=1S/C18H17N3O2S/c1-12(22)20-14-3-2-4-16(9-14)24-11-18(23)21-15-6-5-13-7-8-19-17(13)10-15/h2-10,19H,11H2,1H3,(H,20,22)(H,21,23). The van der Waals surface area contributed by atoms with Crippen LogP contribution in [-0.4, -0.2) is 22.6 Å². The van der Waals surface area contributed by atoms with Gasteiger partial charge in [0.1, 0.15) is 0 Å². The number of benzene rings is 2. The highest BCUT2D eigenvalue weighted by Crippen LogP contribution is 2.22. The van der Waals surface area contributed by atoms with Crippen LogP contribution in [0.25, 0.3) is 10.9 Å². The van der Waals surface area contributed by atoms with Gasteiger partial charge >= 0.3 is 0 Å². The number of aromatic amines is 1. The molecule has 2 aromatic carbocycles. The van der Waals surface area contributed by atoms with E-state index in [4.69, 9.17) is 0 Å². The van der Waals surface area contributed by atoms with Gasteiger partial charge in [-0.05, 0) is 41.8 Å². The molecule has 0 saturated heterocycles. The molecule has 0 bridgehead atoms. The molecule has 122 valence electrons. The maximum atomic E-state index is 12.1. The quantitative estimate of drug-likeness (QED) is 0.618. The molecule has 5 nitrogen and oxygen atoms in total. The molecule has 24 heavy (non-hydrogen) atoms. The molecule has 0 saturated carbocycles. The van der Waals surface area contributed by atoms with Crippen LogP contribution in [0.15, 0.2) is 59.6 Å². The van der Waals surface area contributed by atoms with E-state index in [9.17, 15) is 9.59 Å². The summed E-state index contributed by atoms with van der Waals surface area (Å²) < 4.78 is 0. The molecule has 0 aliphatic heterocycles. The van der Waals surface area contributed by atoms with Crippen molar-refractivity contribution in [2.45, 2.75) is 11.8 Å². The van der Waals surface area contributed by atoms with Crippen LogP contribution in [0.4, 0.5) is 11.4 Å². The maximum absolute atomic E-state index is 12.1. The largest absolute Gasteiger partial charge is 0.361 e. The van der Waals surface area contributed by atoms with Crippen molar-refractivity contribution in [1.29, 1.82) is 0 Å². The number of carbonyl (C=O) groups excluding carboxylic acids is 2. The summed E-state index contributed by atoms with van der Waals surface area (Å²) in [5.74, 6) is 0.108. The van der Waals surface area contributed by atoms with Crippen molar-refractivity contribution in [2.75, 3.05) is 16.4 Å². The fourth-order valence-corrected chi connectivity index (χ4v) is 3.09. The average molecular weight is 339 g/mol. The van der Waals surface area contributed by atoms with Crippen LogP contribution in [0.3, 0.4) is 0 Å². The first-order chi connectivity index (χ1) is 11.6. The molecule has 3 N–H and O–H groups in total. The molecule has 0 spiro atoms. The Morgan fingerprint density at radius 2 is 1.88 bits per heavy atom. The molecule has 2 amide bonds. The number of thioether (sulfide) groups is 1. The fourth-order valence-electron chi connectivity index (χ4n) is 2.34. The van der Waals surface area contributed by atoms with E-state index in [1.807, 2.05) is 54.7 Å². The van der Waals surface area contributed by atoms with Crippen LogP contribution in [0, 0.1) is 0 Å². The van der Waals surface area contributed by atoms with Gasteiger partial charge in [0.05, 0.1) is 5.75 Å². The number of hydrogen-bond acceptors (Lipinski definition) is 3. The van der Waals surface area contributed by atoms with Gasteiger partial charge in [0.15, 0.2) is 0 Å². The summed E-state index contributed by atoms with van der Waals surface area (Å²) in [6.45, 7) is 1.47. The first-order valence-electron chi connectivity index (χ1n) is 7.47. The van der Waals surface area contributed by atoms with Crippen LogP contribution < -0.4 is 10.6 Å². The second-order valence-electron chi connectivity index (χ2n) is 5.33. The Morgan fingerprint density at radius 1 is 1.04 bits per heavy atom. The van der Waals surface area contributed by atoms with E-state index in [2.05, 4.69) is 15.6 Å². The van der Waals surface area contributed by atoms with Gasteiger partial charge in [0.25, 0.3) is 0 Å². The average Bonchev–Trinajstić information content (AvgIpc) is 3.00. The summed E-state index contributed by atoms with van der Waals surface area (Å²) in [5.41, 5.74) is 2.48. The smallest absolute Gasteiger partial charge is 0.234 e. The predicted octanol–water partition coefficient (Wildman–Crippen LogP) is 3.86. The van der Waals surface area contributed by atoms with Crippen LogP contribution >= 0.6 is 11.8 Å². The number of hydrogen-bond donors (Lipinski definition) is 3. The Morgan fingerprint density at radius 3 is 2.71 bits per heavy atom. The van der Waals surface area contributed by atoms with E-state index in [1.54, 1.807) is 0 Å². The summed E-state index contributed by atoms with van der Waals surface area (Å²) in [4.78, 5) is 27.2. The summed E-state index contributed by atoms with van der Waals surface area (Å²) in [6, 6.07) is 15.2. The highest BCUT2D eigenvalue weighted by atomic mass is 32.2. The zero-order valence-corrected chi connectivity index (χ0v) is 13.9. The topological polar surface area (TPSA) is 74.0 Å². The van der Waals surface area contributed by atoms with Gasteiger partial charge < -0.3 is 15.6 Å². The molecule has 1 heterocycles. The van der Waals surface area contributed by atoms with Crippen LogP contribution in [0.2, 0.25) is 0 Å². The number of anilines is 2. The monoisotopic (exact) mass is 339 g/mol. The van der Waals surface area contributed by atoms with E-state index < -0.39 is 0 Å². The third kappa shape index (κ3) is 4.17. The third-order valence-corrected chi connectivity index (χ3v) is 4.36. The predicted molar refractivity (Wildman–Crippen MR) is 98.4 cm³/mol. The van der Waals surface area contributed by atoms with E-state index in [0.717, 1.165) is 27.2 Å². The van der Waals surface area contributed by atoms with Crippen molar-refractivity contribution >= 4 is 45.9 Å². The van der Waals surface area contributed by atoms with E-state index in [0.29, 0.717) is 5.75 Å². The number of fused-ring (bicyclic) bond motifs is 1. The minimum Gasteiger partial charge on any atom is -0.361 e. The molecular formula is C18H17N3O2S. The second kappa shape index (κ2) is 7.23. The Kier molecular flexibility index (Phi) is 4.86. The van der Waals surface area contributed by atoms with E-state index in [-0.39, 0.29) is 11.8 Å². The van der Waals surface area contributed by atoms with Crippen molar-refractivity contribution < 1.29 is 9.59 Å². The number of nitrogens with one attached hydrogen (secondary N) is 3. The summed E-state index contributed by atoms with van der Waals surface area (Å²) in [6.07, 6.45) is 1.87. The Hall–Kier alpha value is -2.73. The van der Waals surface area contributed by atoms with Crippen molar-refractivity contribution in [1.82, 2.24) is 4.98 Å². The molecule has 3 aromatic rings. The van der Waals surface area contributed by atoms with Crippen molar-refractivity contribution in [3.05, 3.63) is 54.7 Å². The number of amides is 2. The molecule has 0 atom stereocenters. The van der Waals surface area contributed by atoms with Crippen LogP contribution in [-0.2, 0) is 9.59 Å². The van der Waals surface area contributed by atoms with Gasteiger partial charge in [-0.1, -0.05) is 12.1 Å². The molecule has 0 unspecified atom stereocenters. The molecule has 0 aliphatic rings. The zero-order chi connectivity index (χ0) is 16.9. The lowest BCUT2D eigenvalue weighted by Gasteiger charge is -2.07. The highest BCUT2D eigenvalue weighted by Gasteiger charge is 2.06. The van der Waals surface area contributed by atoms with Gasteiger partial charge in [-0.3, -0.25) is 9.59 Å². The lowest BCUT2D eigenvalue weighted by molar-refractivity contribution is -0.114. The van der Waals surface area contributed by atoms with Crippen molar-refractivity contribution in [3.8, 4) is 0 Å². The van der Waals surface area contributed by atoms with Crippen LogP contribution in [0.5, 0.6) is 0 Å². The highest BCUT2D eigenvalue weighted by molar-refractivity contribution is 8.00. The first kappa shape index (κ1) is 16.1. The molecule has 6 heteroatoms. The normalized spacial score (nSPS) is 10.5. The molecular weight excluding hydrogens is 322 g/mol.